The monoisotopic (exact) mass is 258 g/mol. The van der Waals surface area contributed by atoms with Crippen molar-refractivity contribution in [2.75, 3.05) is 0 Å². The number of carboxylic acid groups (broad SMARTS) is 1. The fraction of sp³-hybridized carbons (Fsp3) is 0.133. The van der Waals surface area contributed by atoms with Crippen LogP contribution in [0.4, 0.5) is 0 Å². The van der Waals surface area contributed by atoms with Crippen LogP contribution in [-0.2, 0) is 4.79 Å². The molecule has 0 fully saturated rings. The number of thiophene rings is 1. The van der Waals surface area contributed by atoms with E-state index in [0.29, 0.717) is 0 Å². The second kappa shape index (κ2) is 5.19. The number of carboxylic acids is 1. The number of carbonyl (C=O) groups is 1. The summed E-state index contributed by atoms with van der Waals surface area (Å²) in [6.45, 7) is 4.16. The molecule has 2 rings (SSSR count). The second-order valence-corrected chi connectivity index (χ2v) is 5.31. The number of benzene rings is 1. The minimum atomic E-state index is -0.920. The lowest BCUT2D eigenvalue weighted by molar-refractivity contribution is -0.131. The molecule has 0 radical (unpaired) electrons. The number of hydrogen-bond donors (Lipinski definition) is 1. The SMILES string of the molecule is Cc1ccc(C)c(-c2ccc(/C=C/C(=O)O)s2)c1. The Balaban J connectivity index is 2.35. The van der Waals surface area contributed by atoms with E-state index in [0.717, 1.165) is 4.88 Å². The summed E-state index contributed by atoms with van der Waals surface area (Å²) in [7, 11) is 0. The third kappa shape index (κ3) is 2.87. The lowest BCUT2D eigenvalue weighted by Gasteiger charge is -2.04. The molecule has 0 aliphatic rings. The highest BCUT2D eigenvalue weighted by molar-refractivity contribution is 7.16. The zero-order chi connectivity index (χ0) is 13.1. The summed E-state index contributed by atoms with van der Waals surface area (Å²) in [6, 6.07) is 10.3. The van der Waals surface area contributed by atoms with Crippen molar-refractivity contribution in [1.29, 1.82) is 0 Å². The van der Waals surface area contributed by atoms with Crippen LogP contribution in [0.5, 0.6) is 0 Å². The fourth-order valence-electron chi connectivity index (χ4n) is 1.74. The van der Waals surface area contributed by atoms with Crippen LogP contribution < -0.4 is 0 Å². The van der Waals surface area contributed by atoms with Crippen molar-refractivity contribution in [3.8, 4) is 10.4 Å². The predicted molar refractivity (Wildman–Crippen MR) is 75.9 cm³/mol. The van der Waals surface area contributed by atoms with Gasteiger partial charge in [-0.3, -0.25) is 0 Å². The number of aliphatic carboxylic acids is 1. The predicted octanol–water partition coefficient (Wildman–Crippen LogP) is 4.13. The Labute approximate surface area is 110 Å². The fourth-order valence-corrected chi connectivity index (χ4v) is 2.73. The van der Waals surface area contributed by atoms with Gasteiger partial charge in [-0.1, -0.05) is 23.8 Å². The van der Waals surface area contributed by atoms with Gasteiger partial charge in [0, 0.05) is 15.8 Å². The molecule has 92 valence electrons. The maximum absolute atomic E-state index is 10.5. The first-order valence-corrected chi connectivity index (χ1v) is 6.46. The van der Waals surface area contributed by atoms with E-state index in [1.165, 1.54) is 27.6 Å². The maximum Gasteiger partial charge on any atom is 0.328 e. The van der Waals surface area contributed by atoms with E-state index in [9.17, 15) is 4.79 Å². The summed E-state index contributed by atoms with van der Waals surface area (Å²) in [5.74, 6) is -0.920. The standard InChI is InChI=1S/C15H14O2S/c1-10-3-4-11(2)13(9-10)14-7-5-12(18-14)6-8-15(16)17/h3-9H,1-2H3,(H,16,17)/b8-6+. The van der Waals surface area contributed by atoms with Gasteiger partial charge in [-0.15, -0.1) is 11.3 Å². The highest BCUT2D eigenvalue weighted by Crippen LogP contribution is 2.31. The van der Waals surface area contributed by atoms with Gasteiger partial charge in [0.25, 0.3) is 0 Å². The van der Waals surface area contributed by atoms with E-state index in [2.05, 4.69) is 32.0 Å². The van der Waals surface area contributed by atoms with E-state index in [4.69, 9.17) is 5.11 Å². The summed E-state index contributed by atoms with van der Waals surface area (Å²) in [6.07, 6.45) is 2.79. The van der Waals surface area contributed by atoms with Crippen LogP contribution in [0, 0.1) is 13.8 Å². The van der Waals surface area contributed by atoms with Gasteiger partial charge >= 0.3 is 5.97 Å². The molecule has 0 atom stereocenters. The van der Waals surface area contributed by atoms with Crippen molar-refractivity contribution < 1.29 is 9.90 Å². The average molecular weight is 258 g/mol. The molecule has 1 aromatic heterocycles. The van der Waals surface area contributed by atoms with Crippen LogP contribution in [0.2, 0.25) is 0 Å². The van der Waals surface area contributed by atoms with Crippen LogP contribution in [0.3, 0.4) is 0 Å². The molecule has 1 heterocycles. The van der Waals surface area contributed by atoms with Crippen LogP contribution in [-0.4, -0.2) is 11.1 Å². The van der Waals surface area contributed by atoms with Crippen molar-refractivity contribution >= 4 is 23.4 Å². The van der Waals surface area contributed by atoms with E-state index < -0.39 is 5.97 Å². The summed E-state index contributed by atoms with van der Waals surface area (Å²) < 4.78 is 0. The molecule has 0 spiro atoms. The van der Waals surface area contributed by atoms with Gasteiger partial charge in [-0.05, 0) is 43.2 Å². The number of aryl methyl sites for hydroxylation is 2. The lowest BCUT2D eigenvalue weighted by Crippen LogP contribution is -1.84. The molecule has 1 N–H and O–H groups in total. The minimum absolute atomic E-state index is 0.920. The Morgan fingerprint density at radius 1 is 1.22 bits per heavy atom. The van der Waals surface area contributed by atoms with E-state index >= 15 is 0 Å². The summed E-state index contributed by atoms with van der Waals surface area (Å²) in [5, 5.41) is 8.60. The lowest BCUT2D eigenvalue weighted by atomic mass is 10.0. The quantitative estimate of drug-likeness (QED) is 0.840. The molecular formula is C15H14O2S. The Morgan fingerprint density at radius 2 is 2.00 bits per heavy atom. The van der Waals surface area contributed by atoms with Gasteiger partial charge in [0.2, 0.25) is 0 Å². The average Bonchev–Trinajstić information content (AvgIpc) is 2.78. The molecule has 0 saturated heterocycles. The largest absolute Gasteiger partial charge is 0.478 e. The van der Waals surface area contributed by atoms with E-state index in [1.54, 1.807) is 17.4 Å². The van der Waals surface area contributed by atoms with Gasteiger partial charge in [0.1, 0.15) is 0 Å². The highest BCUT2D eigenvalue weighted by Gasteiger charge is 2.05. The molecule has 0 aliphatic heterocycles. The molecule has 0 unspecified atom stereocenters. The summed E-state index contributed by atoms with van der Waals surface area (Å²) >= 11 is 1.60. The van der Waals surface area contributed by atoms with Crippen LogP contribution >= 0.6 is 11.3 Å². The van der Waals surface area contributed by atoms with Gasteiger partial charge < -0.3 is 5.11 Å². The minimum Gasteiger partial charge on any atom is -0.478 e. The molecule has 3 heteroatoms. The third-order valence-electron chi connectivity index (χ3n) is 2.68. The van der Waals surface area contributed by atoms with Crippen LogP contribution in [0.25, 0.3) is 16.5 Å². The Bertz CT molecular complexity index is 609. The maximum atomic E-state index is 10.5. The first-order valence-electron chi connectivity index (χ1n) is 5.65. The van der Waals surface area contributed by atoms with E-state index in [1.807, 2.05) is 12.1 Å². The summed E-state index contributed by atoms with van der Waals surface area (Å²) in [4.78, 5) is 12.6. The normalized spacial score (nSPS) is 11.0. The van der Waals surface area contributed by atoms with Gasteiger partial charge in [-0.2, -0.15) is 0 Å². The van der Waals surface area contributed by atoms with E-state index in [-0.39, 0.29) is 0 Å². The first kappa shape index (κ1) is 12.6. The molecule has 1 aromatic carbocycles. The number of hydrogen-bond acceptors (Lipinski definition) is 2. The molecule has 2 nitrogen and oxygen atoms in total. The van der Waals surface area contributed by atoms with Crippen LogP contribution in [0.1, 0.15) is 16.0 Å². The molecule has 0 aliphatic carbocycles. The molecule has 0 amide bonds. The smallest absolute Gasteiger partial charge is 0.328 e. The van der Waals surface area contributed by atoms with Crippen molar-refractivity contribution in [3.05, 3.63) is 52.4 Å². The summed E-state index contributed by atoms with van der Waals surface area (Å²) in [5.41, 5.74) is 3.68. The van der Waals surface area contributed by atoms with Gasteiger partial charge in [0.15, 0.2) is 0 Å². The van der Waals surface area contributed by atoms with Gasteiger partial charge in [0.05, 0.1) is 0 Å². The topological polar surface area (TPSA) is 37.3 Å². The van der Waals surface area contributed by atoms with Crippen LogP contribution in [0.15, 0.2) is 36.4 Å². The Kier molecular flexibility index (Phi) is 3.63. The molecular weight excluding hydrogens is 244 g/mol. The van der Waals surface area contributed by atoms with Crippen molar-refractivity contribution in [1.82, 2.24) is 0 Å². The van der Waals surface area contributed by atoms with Crippen molar-refractivity contribution in [2.45, 2.75) is 13.8 Å². The van der Waals surface area contributed by atoms with Gasteiger partial charge in [-0.25, -0.2) is 4.79 Å². The zero-order valence-electron chi connectivity index (χ0n) is 10.3. The number of rotatable bonds is 3. The molecule has 0 bridgehead atoms. The third-order valence-corrected chi connectivity index (χ3v) is 3.76. The Hall–Kier alpha value is -1.87. The zero-order valence-corrected chi connectivity index (χ0v) is 11.1. The Morgan fingerprint density at radius 3 is 2.72 bits per heavy atom. The molecule has 2 aromatic rings. The van der Waals surface area contributed by atoms with Crippen molar-refractivity contribution in [3.63, 3.8) is 0 Å². The first-order chi connectivity index (χ1) is 8.56. The molecule has 18 heavy (non-hydrogen) atoms. The highest BCUT2D eigenvalue weighted by atomic mass is 32.1. The van der Waals surface area contributed by atoms with Crippen molar-refractivity contribution in [2.24, 2.45) is 0 Å². The molecule has 0 saturated carbocycles. The second-order valence-electron chi connectivity index (χ2n) is 4.19.